The summed E-state index contributed by atoms with van der Waals surface area (Å²) in [5.41, 5.74) is 0.873. The lowest BCUT2D eigenvalue weighted by atomic mass is 9.84. The van der Waals surface area contributed by atoms with Crippen LogP contribution in [0, 0.1) is 11.9 Å². The van der Waals surface area contributed by atoms with Gasteiger partial charge in [0.15, 0.2) is 5.78 Å². The van der Waals surface area contributed by atoms with E-state index in [0.29, 0.717) is 60.8 Å². The Morgan fingerprint density at radius 2 is 1.92 bits per heavy atom. The molecule has 2 N–H and O–H groups in total. The fourth-order valence-corrected chi connectivity index (χ4v) is 5.51. The summed E-state index contributed by atoms with van der Waals surface area (Å²) >= 11 is 0. The third-order valence-electron chi connectivity index (χ3n) is 7.69. The predicted molar refractivity (Wildman–Crippen MR) is 129 cm³/mol. The van der Waals surface area contributed by atoms with E-state index in [1.165, 1.54) is 18.6 Å². The van der Waals surface area contributed by atoms with Crippen molar-refractivity contribution in [2.24, 2.45) is 5.92 Å². The van der Waals surface area contributed by atoms with Gasteiger partial charge in [0.2, 0.25) is 17.8 Å². The van der Waals surface area contributed by atoms with Crippen molar-refractivity contribution in [1.29, 1.82) is 0 Å². The average molecular weight is 513 g/mol. The minimum absolute atomic E-state index is 0.0192. The smallest absolute Gasteiger partial charge is 0.248 e. The van der Waals surface area contributed by atoms with E-state index in [-0.39, 0.29) is 41.8 Å². The second kappa shape index (κ2) is 9.11. The van der Waals surface area contributed by atoms with Crippen LogP contribution in [0.15, 0.2) is 24.7 Å². The molecular formula is C26H27F3N6O2. The van der Waals surface area contributed by atoms with Gasteiger partial charge in [-0.2, -0.15) is 4.39 Å². The van der Waals surface area contributed by atoms with Gasteiger partial charge in [0.05, 0.1) is 22.6 Å². The van der Waals surface area contributed by atoms with Gasteiger partial charge in [-0.25, -0.2) is 23.7 Å². The van der Waals surface area contributed by atoms with Crippen LogP contribution in [0.1, 0.15) is 66.6 Å². The van der Waals surface area contributed by atoms with Crippen LogP contribution in [0.2, 0.25) is 0 Å². The Labute approximate surface area is 211 Å². The zero-order valence-electron chi connectivity index (χ0n) is 20.1. The second-order valence-corrected chi connectivity index (χ2v) is 10.4. The highest BCUT2D eigenvalue weighted by Gasteiger charge is 2.40. The van der Waals surface area contributed by atoms with E-state index in [2.05, 4.69) is 25.3 Å². The summed E-state index contributed by atoms with van der Waals surface area (Å²) in [5, 5.41) is 3.71. The van der Waals surface area contributed by atoms with Gasteiger partial charge < -0.3 is 15.2 Å². The number of aromatic amines is 1. The van der Waals surface area contributed by atoms with Gasteiger partial charge >= 0.3 is 0 Å². The monoisotopic (exact) mass is 512 g/mol. The number of fused-ring (bicyclic) bond motifs is 1. The van der Waals surface area contributed by atoms with Crippen molar-refractivity contribution in [2.75, 3.05) is 11.9 Å². The number of hydrogen-bond acceptors (Lipinski definition) is 6. The number of hydrogen-bond donors (Lipinski definition) is 2. The molecule has 8 nitrogen and oxygen atoms in total. The molecule has 3 aromatic heterocycles. The quantitative estimate of drug-likeness (QED) is 0.362. The molecule has 3 fully saturated rings. The first-order valence-corrected chi connectivity index (χ1v) is 12.7. The van der Waals surface area contributed by atoms with Gasteiger partial charge in [0.25, 0.3) is 0 Å². The molecule has 1 unspecified atom stereocenters. The number of nitrogens with zero attached hydrogens (tertiary/aromatic N) is 4. The van der Waals surface area contributed by atoms with Crippen molar-refractivity contribution in [2.45, 2.75) is 69.4 Å². The number of rotatable bonds is 7. The molecule has 194 valence electrons. The second-order valence-electron chi connectivity index (χ2n) is 10.4. The highest BCUT2D eigenvalue weighted by molar-refractivity contribution is 6.18. The number of pyridine rings is 1. The molecule has 1 amide bonds. The summed E-state index contributed by atoms with van der Waals surface area (Å²) in [4.78, 5) is 43.1. The summed E-state index contributed by atoms with van der Waals surface area (Å²) in [7, 11) is 0. The first-order valence-electron chi connectivity index (χ1n) is 12.7. The Kier molecular flexibility index (Phi) is 5.88. The van der Waals surface area contributed by atoms with E-state index < -0.39 is 17.7 Å². The standard InChI is InChI=1S/C26H27F3N6O2/c27-23-18(4-1-15(33-23)9-14-5-7-26(28,29)8-6-14)22(37)19-11-30-24-21(19)25(32-13-31-24)34-16-10-20(36)35(12-16)17-2-3-17/h1,4,11,13-14,16-17H,2-3,5-10,12H2,(H2,30,31,32,34). The lowest BCUT2D eigenvalue weighted by Crippen LogP contribution is -2.30. The third kappa shape index (κ3) is 4.78. The van der Waals surface area contributed by atoms with Crippen molar-refractivity contribution in [3.8, 4) is 0 Å². The fraction of sp³-hybridized carbons (Fsp3) is 0.500. The van der Waals surface area contributed by atoms with Crippen LogP contribution in [-0.4, -0.2) is 61.1 Å². The zero-order valence-corrected chi connectivity index (χ0v) is 20.1. The van der Waals surface area contributed by atoms with Crippen LogP contribution < -0.4 is 5.32 Å². The normalized spacial score (nSPS) is 22.1. The summed E-state index contributed by atoms with van der Waals surface area (Å²) in [6.45, 7) is 0.571. The third-order valence-corrected chi connectivity index (χ3v) is 7.69. The molecule has 1 atom stereocenters. The number of alkyl halides is 2. The van der Waals surface area contributed by atoms with Crippen molar-refractivity contribution >= 4 is 28.5 Å². The highest BCUT2D eigenvalue weighted by Crippen LogP contribution is 2.37. The molecule has 1 aliphatic heterocycles. The highest BCUT2D eigenvalue weighted by atomic mass is 19.3. The van der Waals surface area contributed by atoms with E-state index in [1.54, 1.807) is 6.07 Å². The first-order chi connectivity index (χ1) is 17.8. The van der Waals surface area contributed by atoms with Crippen molar-refractivity contribution in [1.82, 2.24) is 24.8 Å². The summed E-state index contributed by atoms with van der Waals surface area (Å²) in [5.74, 6) is -3.56. The SMILES string of the molecule is O=C(c1ccc(CC2CCC(F)(F)CC2)nc1F)c1c[nH]c2ncnc(NC3CC(=O)N(C4CC4)C3)c12. The van der Waals surface area contributed by atoms with Crippen LogP contribution in [-0.2, 0) is 11.2 Å². The van der Waals surface area contributed by atoms with Crippen LogP contribution in [0.5, 0.6) is 0 Å². The number of halogens is 3. The van der Waals surface area contributed by atoms with E-state index in [0.717, 1.165) is 12.8 Å². The van der Waals surface area contributed by atoms with Gasteiger partial charge in [0.1, 0.15) is 17.8 Å². The molecule has 37 heavy (non-hydrogen) atoms. The number of carbonyl (C=O) groups is 2. The molecule has 3 aliphatic rings. The van der Waals surface area contributed by atoms with Gasteiger partial charge in [-0.1, -0.05) is 0 Å². The van der Waals surface area contributed by atoms with Crippen molar-refractivity contribution < 1.29 is 22.8 Å². The topological polar surface area (TPSA) is 104 Å². The molecule has 2 saturated carbocycles. The number of nitrogens with one attached hydrogen (secondary N) is 2. The number of ketones is 1. The maximum Gasteiger partial charge on any atom is 0.248 e. The number of likely N-dealkylation sites (tertiary alicyclic amines) is 1. The zero-order chi connectivity index (χ0) is 25.7. The van der Waals surface area contributed by atoms with Gasteiger partial charge in [-0.05, 0) is 50.2 Å². The van der Waals surface area contributed by atoms with E-state index in [9.17, 15) is 18.4 Å². The number of carbonyl (C=O) groups excluding carboxylic acids is 2. The van der Waals surface area contributed by atoms with Crippen molar-refractivity contribution in [3.05, 3.63) is 47.4 Å². The van der Waals surface area contributed by atoms with E-state index >= 15 is 4.39 Å². The van der Waals surface area contributed by atoms with Crippen LogP contribution in [0.4, 0.5) is 19.0 Å². The maximum atomic E-state index is 15.0. The Bertz CT molecular complexity index is 1360. The predicted octanol–water partition coefficient (Wildman–Crippen LogP) is 4.27. The average Bonchev–Trinajstić information content (AvgIpc) is 3.50. The number of aromatic nitrogens is 4. The summed E-state index contributed by atoms with van der Waals surface area (Å²) in [6, 6.07) is 3.16. The molecule has 0 aromatic carbocycles. The molecule has 2 aliphatic carbocycles. The van der Waals surface area contributed by atoms with Crippen LogP contribution in [0.25, 0.3) is 11.0 Å². The molecule has 1 saturated heterocycles. The maximum absolute atomic E-state index is 15.0. The number of H-pyrrole nitrogens is 1. The minimum atomic E-state index is -2.62. The largest absolute Gasteiger partial charge is 0.364 e. The Balaban J connectivity index is 1.21. The van der Waals surface area contributed by atoms with Crippen LogP contribution >= 0.6 is 0 Å². The van der Waals surface area contributed by atoms with Gasteiger partial charge in [-0.15, -0.1) is 0 Å². The number of anilines is 1. The lowest BCUT2D eigenvalue weighted by Gasteiger charge is -2.28. The first kappa shape index (κ1) is 23.9. The number of amides is 1. The van der Waals surface area contributed by atoms with Crippen molar-refractivity contribution in [3.63, 3.8) is 0 Å². The van der Waals surface area contributed by atoms with E-state index in [4.69, 9.17) is 0 Å². The molecule has 6 rings (SSSR count). The molecule has 0 spiro atoms. The molecular weight excluding hydrogens is 485 g/mol. The fourth-order valence-electron chi connectivity index (χ4n) is 5.51. The Morgan fingerprint density at radius 3 is 2.65 bits per heavy atom. The molecule has 0 bridgehead atoms. The lowest BCUT2D eigenvalue weighted by molar-refractivity contribution is -0.128. The van der Waals surface area contributed by atoms with E-state index in [1.807, 2.05) is 4.90 Å². The Hall–Kier alpha value is -3.50. The Morgan fingerprint density at radius 1 is 1.14 bits per heavy atom. The summed E-state index contributed by atoms with van der Waals surface area (Å²) in [6.07, 6.45) is 6.04. The van der Waals surface area contributed by atoms with Gasteiger partial charge in [0, 0.05) is 43.7 Å². The molecule has 11 heteroatoms. The van der Waals surface area contributed by atoms with Gasteiger partial charge in [-0.3, -0.25) is 9.59 Å². The molecule has 0 radical (unpaired) electrons. The minimum Gasteiger partial charge on any atom is -0.364 e. The molecule has 4 heterocycles. The molecule has 3 aromatic rings. The van der Waals surface area contributed by atoms with Crippen LogP contribution in [0.3, 0.4) is 0 Å². The summed E-state index contributed by atoms with van der Waals surface area (Å²) < 4.78 is 41.9.